The Morgan fingerprint density at radius 3 is 2.28 bits per heavy atom. The number of unbranched alkanes of at least 4 members (excludes halogenated alkanes) is 3. The summed E-state index contributed by atoms with van der Waals surface area (Å²) in [6.07, 6.45) is 11.5. The summed E-state index contributed by atoms with van der Waals surface area (Å²) in [5.41, 5.74) is 5.75. The number of nitrogens with two attached hydrogens (primary N) is 1. The average molecular weight is 414 g/mol. The van der Waals surface area contributed by atoms with E-state index in [9.17, 15) is 4.79 Å². The van der Waals surface area contributed by atoms with Gasteiger partial charge in [0.05, 0.1) is 0 Å². The number of carbonyl (C=O) groups is 1. The summed E-state index contributed by atoms with van der Waals surface area (Å²) < 4.78 is 0. The van der Waals surface area contributed by atoms with Crippen molar-refractivity contribution in [1.29, 1.82) is 0 Å². The van der Waals surface area contributed by atoms with Crippen LogP contribution in [0.2, 0.25) is 0 Å². The number of carbonyl (C=O) groups excluding carboxylic acids is 1. The van der Waals surface area contributed by atoms with Crippen LogP contribution in [0.25, 0.3) is 0 Å². The number of thioether (sulfide) groups is 1. The van der Waals surface area contributed by atoms with Gasteiger partial charge in [-0.2, -0.15) is 11.8 Å². The Morgan fingerprint density at radius 2 is 1.64 bits per heavy atom. The third-order valence-electron chi connectivity index (χ3n) is 5.44. The Balaban J connectivity index is 0.00000288. The smallest absolute Gasteiger partial charge is 0.220 e. The molecule has 1 saturated heterocycles. The maximum atomic E-state index is 12.2. The number of hydrogen-bond donors (Lipinski definition) is 2. The van der Waals surface area contributed by atoms with Crippen LogP contribution < -0.4 is 11.1 Å². The lowest BCUT2D eigenvalue weighted by molar-refractivity contribution is -0.122. The number of halogens is 2. The van der Waals surface area contributed by atoms with Crippen molar-refractivity contribution in [2.24, 2.45) is 5.73 Å². The quantitative estimate of drug-likeness (QED) is 0.566. The molecule has 0 radical (unpaired) electrons. The van der Waals surface area contributed by atoms with E-state index in [1.807, 2.05) is 0 Å². The van der Waals surface area contributed by atoms with E-state index in [0.717, 1.165) is 38.8 Å². The Morgan fingerprint density at radius 1 is 1.00 bits per heavy atom. The van der Waals surface area contributed by atoms with Crippen molar-refractivity contribution in [1.82, 2.24) is 10.2 Å². The van der Waals surface area contributed by atoms with Gasteiger partial charge in [0.2, 0.25) is 5.91 Å². The predicted octanol–water partition coefficient (Wildman–Crippen LogP) is 3.61. The van der Waals surface area contributed by atoms with E-state index in [-0.39, 0.29) is 36.3 Å². The summed E-state index contributed by atoms with van der Waals surface area (Å²) in [6, 6.07) is 0. The molecule has 1 amide bonds. The van der Waals surface area contributed by atoms with Crippen molar-refractivity contribution in [2.45, 2.75) is 69.7 Å². The fraction of sp³-hybridized carbons (Fsp3) is 0.944. The molecule has 0 aromatic carbocycles. The third kappa shape index (κ3) is 8.70. The molecule has 1 aliphatic carbocycles. The first-order valence-corrected chi connectivity index (χ1v) is 10.7. The molecular weight excluding hydrogens is 377 g/mol. The maximum absolute atomic E-state index is 12.2. The molecule has 2 fully saturated rings. The zero-order valence-corrected chi connectivity index (χ0v) is 17.9. The molecule has 2 rings (SSSR count). The van der Waals surface area contributed by atoms with E-state index in [0.29, 0.717) is 6.42 Å². The standard InChI is InChI=1S/C18H35N3OS.2ClH/c19-11-7-2-1-4-8-17(22)20-16-18(9-5-3-6-10-18)21-12-14-23-15-13-21;;/h1-16,19H2,(H,20,22);2*1H. The lowest BCUT2D eigenvalue weighted by Crippen LogP contribution is -2.58. The third-order valence-corrected chi connectivity index (χ3v) is 6.38. The van der Waals surface area contributed by atoms with E-state index in [1.54, 1.807) is 0 Å². The van der Waals surface area contributed by atoms with Crippen LogP contribution in [0.3, 0.4) is 0 Å². The monoisotopic (exact) mass is 413 g/mol. The van der Waals surface area contributed by atoms with Crippen LogP contribution in [0.15, 0.2) is 0 Å². The normalized spacial score (nSPS) is 20.2. The van der Waals surface area contributed by atoms with Crippen LogP contribution in [-0.2, 0) is 4.79 Å². The molecular formula is C18H37Cl2N3OS. The van der Waals surface area contributed by atoms with Gasteiger partial charge in [0.1, 0.15) is 0 Å². The number of nitrogens with one attached hydrogen (secondary N) is 1. The number of rotatable bonds is 9. The fourth-order valence-corrected chi connectivity index (χ4v) is 4.89. The van der Waals surface area contributed by atoms with Crippen molar-refractivity contribution >= 4 is 42.5 Å². The highest BCUT2D eigenvalue weighted by atomic mass is 35.5. The second-order valence-electron chi connectivity index (χ2n) is 7.11. The minimum atomic E-state index is 0. The summed E-state index contributed by atoms with van der Waals surface area (Å²) in [4.78, 5) is 14.9. The summed E-state index contributed by atoms with van der Waals surface area (Å²) in [7, 11) is 0. The van der Waals surface area contributed by atoms with Crippen molar-refractivity contribution < 1.29 is 4.79 Å². The van der Waals surface area contributed by atoms with Crippen LogP contribution in [0, 0.1) is 0 Å². The molecule has 1 saturated carbocycles. The van der Waals surface area contributed by atoms with Crippen molar-refractivity contribution in [3.63, 3.8) is 0 Å². The topological polar surface area (TPSA) is 58.4 Å². The molecule has 1 heterocycles. The molecule has 0 spiro atoms. The molecule has 0 bridgehead atoms. The Bertz CT molecular complexity index is 349. The largest absolute Gasteiger partial charge is 0.354 e. The second kappa shape index (κ2) is 14.4. The molecule has 3 N–H and O–H groups in total. The predicted molar refractivity (Wildman–Crippen MR) is 114 cm³/mol. The first-order chi connectivity index (χ1) is 11.3. The number of nitrogens with zero attached hydrogens (tertiary/aromatic N) is 1. The highest BCUT2D eigenvalue weighted by Gasteiger charge is 2.38. The minimum Gasteiger partial charge on any atom is -0.354 e. The molecule has 1 aliphatic heterocycles. The van der Waals surface area contributed by atoms with Gasteiger partial charge >= 0.3 is 0 Å². The molecule has 0 aromatic rings. The van der Waals surface area contributed by atoms with E-state index in [1.165, 1.54) is 56.7 Å². The lowest BCUT2D eigenvalue weighted by Gasteiger charge is -2.48. The Hall–Kier alpha value is 0.320. The van der Waals surface area contributed by atoms with Gasteiger partial charge in [-0.1, -0.05) is 32.1 Å². The van der Waals surface area contributed by atoms with Crippen molar-refractivity contribution in [3.05, 3.63) is 0 Å². The first kappa shape index (κ1) is 25.3. The molecule has 0 unspecified atom stereocenters. The average Bonchev–Trinajstić information content (AvgIpc) is 2.61. The van der Waals surface area contributed by atoms with Gasteiger partial charge in [-0.05, 0) is 32.2 Å². The van der Waals surface area contributed by atoms with Crippen molar-refractivity contribution in [2.75, 3.05) is 37.7 Å². The number of hydrogen-bond acceptors (Lipinski definition) is 4. The first-order valence-electron chi connectivity index (χ1n) is 9.56. The molecule has 25 heavy (non-hydrogen) atoms. The van der Waals surface area contributed by atoms with E-state index < -0.39 is 0 Å². The Labute approximate surface area is 170 Å². The number of amides is 1. The van der Waals surface area contributed by atoms with Gasteiger partial charge < -0.3 is 11.1 Å². The van der Waals surface area contributed by atoms with Gasteiger partial charge in [-0.25, -0.2) is 0 Å². The van der Waals surface area contributed by atoms with Gasteiger partial charge in [0.25, 0.3) is 0 Å². The van der Waals surface area contributed by atoms with Crippen LogP contribution in [-0.4, -0.2) is 54.0 Å². The van der Waals surface area contributed by atoms with E-state index in [2.05, 4.69) is 22.0 Å². The van der Waals surface area contributed by atoms with Crippen molar-refractivity contribution in [3.8, 4) is 0 Å². The van der Waals surface area contributed by atoms with E-state index in [4.69, 9.17) is 5.73 Å². The highest BCUT2D eigenvalue weighted by Crippen LogP contribution is 2.34. The summed E-state index contributed by atoms with van der Waals surface area (Å²) in [6.45, 7) is 4.02. The van der Waals surface area contributed by atoms with Crippen LogP contribution in [0.5, 0.6) is 0 Å². The zero-order valence-electron chi connectivity index (χ0n) is 15.5. The van der Waals surface area contributed by atoms with Gasteiger partial charge in [0.15, 0.2) is 0 Å². The Kier molecular flexibility index (Phi) is 14.6. The second-order valence-corrected chi connectivity index (χ2v) is 8.34. The van der Waals surface area contributed by atoms with Gasteiger partial charge in [-0.3, -0.25) is 9.69 Å². The molecule has 2 aliphatic rings. The van der Waals surface area contributed by atoms with Crippen LogP contribution in [0.4, 0.5) is 0 Å². The summed E-state index contributed by atoms with van der Waals surface area (Å²) >= 11 is 2.07. The molecule has 4 nitrogen and oxygen atoms in total. The van der Waals surface area contributed by atoms with Gasteiger partial charge in [0, 0.05) is 43.1 Å². The van der Waals surface area contributed by atoms with Gasteiger partial charge in [-0.15, -0.1) is 24.8 Å². The summed E-state index contributed by atoms with van der Waals surface area (Å²) in [5.74, 6) is 2.74. The molecule has 150 valence electrons. The molecule has 0 atom stereocenters. The minimum absolute atomic E-state index is 0. The fourth-order valence-electron chi connectivity index (χ4n) is 3.99. The highest BCUT2D eigenvalue weighted by molar-refractivity contribution is 7.99. The van der Waals surface area contributed by atoms with Crippen LogP contribution in [0.1, 0.15) is 64.2 Å². The molecule has 0 aromatic heterocycles. The summed E-state index contributed by atoms with van der Waals surface area (Å²) in [5, 5.41) is 3.27. The van der Waals surface area contributed by atoms with E-state index >= 15 is 0 Å². The van der Waals surface area contributed by atoms with Crippen LogP contribution >= 0.6 is 36.6 Å². The SMILES string of the molecule is Cl.Cl.NCCCCCCC(=O)NCC1(N2CCSCC2)CCCCC1. The maximum Gasteiger partial charge on any atom is 0.220 e. The zero-order chi connectivity index (χ0) is 16.4. The molecule has 7 heteroatoms. The lowest BCUT2D eigenvalue weighted by atomic mass is 9.80.